The van der Waals surface area contributed by atoms with E-state index in [1.54, 1.807) is 0 Å². The fraction of sp³-hybridized carbons (Fsp3) is 0.444. The standard InChI is InChI=1S/C9H11BrN2O/c10-8-2-1-7(5-12-8)9(3-4-9)6-13-11/h1-2,5H,3-4,6,11H2. The third-order valence-corrected chi connectivity index (χ3v) is 3.02. The van der Waals surface area contributed by atoms with Crippen molar-refractivity contribution in [3.8, 4) is 0 Å². The summed E-state index contributed by atoms with van der Waals surface area (Å²) < 4.78 is 0.862. The fourth-order valence-electron chi connectivity index (χ4n) is 1.52. The van der Waals surface area contributed by atoms with Gasteiger partial charge in [-0.15, -0.1) is 0 Å². The lowest BCUT2D eigenvalue weighted by atomic mass is 9.99. The minimum Gasteiger partial charge on any atom is -0.304 e. The molecule has 0 aliphatic heterocycles. The summed E-state index contributed by atoms with van der Waals surface area (Å²) in [5.74, 6) is 5.09. The second-order valence-corrected chi connectivity index (χ2v) is 4.27. The summed E-state index contributed by atoms with van der Waals surface area (Å²) >= 11 is 3.30. The van der Waals surface area contributed by atoms with E-state index in [1.165, 1.54) is 5.56 Å². The smallest absolute Gasteiger partial charge is 0.106 e. The molecule has 3 nitrogen and oxygen atoms in total. The molecule has 2 rings (SSSR count). The van der Waals surface area contributed by atoms with Crippen LogP contribution in [0.4, 0.5) is 0 Å². The van der Waals surface area contributed by atoms with Crippen LogP contribution in [0.5, 0.6) is 0 Å². The van der Waals surface area contributed by atoms with Crippen LogP contribution in [0.15, 0.2) is 22.9 Å². The lowest BCUT2D eigenvalue weighted by Crippen LogP contribution is -2.18. The van der Waals surface area contributed by atoms with E-state index in [1.807, 2.05) is 12.3 Å². The Morgan fingerprint density at radius 1 is 1.54 bits per heavy atom. The second kappa shape index (κ2) is 3.36. The molecular weight excluding hydrogens is 232 g/mol. The number of hydrogen-bond acceptors (Lipinski definition) is 3. The Morgan fingerprint density at radius 3 is 2.77 bits per heavy atom. The van der Waals surface area contributed by atoms with Gasteiger partial charge in [-0.1, -0.05) is 6.07 Å². The van der Waals surface area contributed by atoms with Gasteiger partial charge in [0.2, 0.25) is 0 Å². The van der Waals surface area contributed by atoms with Crippen LogP contribution in [-0.2, 0) is 10.3 Å². The summed E-state index contributed by atoms with van der Waals surface area (Å²) in [5.41, 5.74) is 1.38. The molecule has 1 aliphatic rings. The van der Waals surface area contributed by atoms with Gasteiger partial charge in [-0.3, -0.25) is 0 Å². The van der Waals surface area contributed by atoms with Crippen molar-refractivity contribution in [3.05, 3.63) is 28.5 Å². The van der Waals surface area contributed by atoms with Crippen molar-refractivity contribution in [3.63, 3.8) is 0 Å². The first-order chi connectivity index (χ1) is 6.27. The Balaban J connectivity index is 2.20. The number of pyridine rings is 1. The first kappa shape index (κ1) is 9.12. The van der Waals surface area contributed by atoms with Crippen molar-refractivity contribution in [2.24, 2.45) is 5.90 Å². The molecule has 2 N–H and O–H groups in total. The summed E-state index contributed by atoms with van der Waals surface area (Å²) in [6, 6.07) is 4.02. The van der Waals surface area contributed by atoms with Crippen molar-refractivity contribution in [1.29, 1.82) is 0 Å². The Labute approximate surface area is 85.4 Å². The molecule has 0 aromatic carbocycles. The number of nitrogens with zero attached hydrogens (tertiary/aromatic N) is 1. The van der Waals surface area contributed by atoms with Gasteiger partial charge in [0.15, 0.2) is 0 Å². The Kier molecular flexibility index (Phi) is 2.36. The molecule has 1 aliphatic carbocycles. The van der Waals surface area contributed by atoms with Gasteiger partial charge in [0.25, 0.3) is 0 Å². The average Bonchev–Trinajstić information content (AvgIpc) is 2.87. The summed E-state index contributed by atoms with van der Waals surface area (Å²) in [6.45, 7) is 0.594. The molecular formula is C9H11BrN2O. The Bertz CT molecular complexity index is 295. The minimum absolute atomic E-state index is 0.155. The summed E-state index contributed by atoms with van der Waals surface area (Å²) in [7, 11) is 0. The van der Waals surface area contributed by atoms with E-state index in [2.05, 4.69) is 27.0 Å². The summed E-state index contributed by atoms with van der Waals surface area (Å²) in [5, 5.41) is 0. The third kappa shape index (κ3) is 1.75. The Hall–Kier alpha value is -0.450. The zero-order valence-corrected chi connectivity index (χ0v) is 8.75. The van der Waals surface area contributed by atoms with E-state index in [-0.39, 0.29) is 5.41 Å². The van der Waals surface area contributed by atoms with E-state index in [4.69, 9.17) is 10.7 Å². The van der Waals surface area contributed by atoms with Gasteiger partial charge in [-0.25, -0.2) is 10.9 Å². The number of rotatable bonds is 3. The van der Waals surface area contributed by atoms with Crippen LogP contribution in [0.2, 0.25) is 0 Å². The monoisotopic (exact) mass is 242 g/mol. The highest BCUT2D eigenvalue weighted by Crippen LogP contribution is 2.47. The van der Waals surface area contributed by atoms with Gasteiger partial charge in [-0.05, 0) is 40.4 Å². The first-order valence-corrected chi connectivity index (χ1v) is 5.00. The molecule has 1 fully saturated rings. The lowest BCUT2D eigenvalue weighted by Gasteiger charge is -2.12. The SMILES string of the molecule is NOCC1(c2ccc(Br)nc2)CC1. The molecule has 13 heavy (non-hydrogen) atoms. The molecule has 0 bridgehead atoms. The number of halogens is 1. The first-order valence-electron chi connectivity index (χ1n) is 4.21. The maximum atomic E-state index is 5.09. The Morgan fingerprint density at radius 2 is 2.31 bits per heavy atom. The maximum Gasteiger partial charge on any atom is 0.106 e. The van der Waals surface area contributed by atoms with Gasteiger partial charge in [0.1, 0.15) is 4.60 Å². The highest BCUT2D eigenvalue weighted by Gasteiger charge is 2.44. The van der Waals surface area contributed by atoms with Crippen LogP contribution in [0.25, 0.3) is 0 Å². The van der Waals surface area contributed by atoms with Crippen LogP contribution in [0.1, 0.15) is 18.4 Å². The average molecular weight is 243 g/mol. The van der Waals surface area contributed by atoms with Crippen LogP contribution in [0, 0.1) is 0 Å². The molecule has 0 radical (unpaired) electrons. The zero-order valence-electron chi connectivity index (χ0n) is 7.16. The second-order valence-electron chi connectivity index (χ2n) is 3.46. The van der Waals surface area contributed by atoms with E-state index < -0.39 is 0 Å². The normalized spacial score (nSPS) is 18.6. The maximum absolute atomic E-state index is 5.09. The van der Waals surface area contributed by atoms with Gasteiger partial charge in [-0.2, -0.15) is 0 Å². The van der Waals surface area contributed by atoms with Crippen LogP contribution < -0.4 is 5.90 Å². The van der Waals surface area contributed by atoms with Crippen molar-refractivity contribution in [2.75, 3.05) is 6.61 Å². The minimum atomic E-state index is 0.155. The number of hydrogen-bond donors (Lipinski definition) is 1. The molecule has 0 amide bonds. The van der Waals surface area contributed by atoms with Crippen molar-refractivity contribution >= 4 is 15.9 Å². The summed E-state index contributed by atoms with van der Waals surface area (Å²) in [6.07, 6.45) is 4.18. The van der Waals surface area contributed by atoms with Crippen LogP contribution in [0.3, 0.4) is 0 Å². The van der Waals surface area contributed by atoms with E-state index in [0.717, 1.165) is 17.4 Å². The van der Waals surface area contributed by atoms with Crippen LogP contribution >= 0.6 is 15.9 Å². The van der Waals surface area contributed by atoms with Gasteiger partial charge in [0.05, 0.1) is 6.61 Å². The molecule has 1 heterocycles. The highest BCUT2D eigenvalue weighted by atomic mass is 79.9. The lowest BCUT2D eigenvalue weighted by molar-refractivity contribution is 0.116. The molecule has 0 saturated heterocycles. The van der Waals surface area contributed by atoms with E-state index in [9.17, 15) is 0 Å². The molecule has 1 saturated carbocycles. The third-order valence-electron chi connectivity index (χ3n) is 2.55. The van der Waals surface area contributed by atoms with E-state index >= 15 is 0 Å². The molecule has 1 aromatic heterocycles. The largest absolute Gasteiger partial charge is 0.304 e. The van der Waals surface area contributed by atoms with Crippen LogP contribution in [-0.4, -0.2) is 11.6 Å². The molecule has 0 unspecified atom stereocenters. The van der Waals surface area contributed by atoms with Gasteiger partial charge >= 0.3 is 0 Å². The molecule has 4 heteroatoms. The summed E-state index contributed by atoms with van der Waals surface area (Å²) in [4.78, 5) is 8.90. The molecule has 0 spiro atoms. The predicted octanol–water partition coefficient (Wildman–Crippen LogP) is 1.77. The molecule has 0 atom stereocenters. The predicted molar refractivity (Wildman–Crippen MR) is 53.0 cm³/mol. The topological polar surface area (TPSA) is 48.1 Å². The molecule has 70 valence electrons. The van der Waals surface area contributed by atoms with Gasteiger partial charge in [0, 0.05) is 11.6 Å². The fourth-order valence-corrected chi connectivity index (χ4v) is 1.75. The van der Waals surface area contributed by atoms with Crippen molar-refractivity contribution in [1.82, 2.24) is 4.98 Å². The van der Waals surface area contributed by atoms with Crippen molar-refractivity contribution < 1.29 is 4.84 Å². The number of aromatic nitrogens is 1. The molecule has 1 aromatic rings. The highest BCUT2D eigenvalue weighted by molar-refractivity contribution is 9.10. The van der Waals surface area contributed by atoms with Gasteiger partial charge < -0.3 is 4.84 Å². The number of nitrogens with two attached hydrogens (primary N) is 1. The zero-order chi connectivity index (χ0) is 9.31. The quantitative estimate of drug-likeness (QED) is 0.650. The van der Waals surface area contributed by atoms with E-state index in [0.29, 0.717) is 6.61 Å². The van der Waals surface area contributed by atoms with Crippen molar-refractivity contribution in [2.45, 2.75) is 18.3 Å².